The van der Waals surface area contributed by atoms with Crippen molar-refractivity contribution < 1.29 is 27.4 Å². The van der Waals surface area contributed by atoms with E-state index < -0.39 is 23.6 Å². The van der Waals surface area contributed by atoms with Gasteiger partial charge in [-0.25, -0.2) is 13.2 Å². The van der Waals surface area contributed by atoms with Crippen LogP contribution in [0.25, 0.3) is 11.1 Å². The van der Waals surface area contributed by atoms with Crippen LogP contribution in [0, 0.1) is 17.5 Å². The molecule has 0 radical (unpaired) electrons. The van der Waals surface area contributed by atoms with Crippen molar-refractivity contribution in [2.24, 2.45) is 0 Å². The van der Waals surface area contributed by atoms with Crippen molar-refractivity contribution in [1.82, 2.24) is 0 Å². The van der Waals surface area contributed by atoms with Gasteiger partial charge in [0.15, 0.2) is 23.2 Å². The number of hydrogen-bond donors (Lipinski definition) is 0. The molecule has 6 heteroatoms. The summed E-state index contributed by atoms with van der Waals surface area (Å²) in [6.45, 7) is 5.55. The quantitative estimate of drug-likeness (QED) is 0.334. The molecule has 0 N–H and O–H groups in total. The Balaban J connectivity index is 1.62. The lowest BCUT2D eigenvalue weighted by Crippen LogP contribution is -2.28. The summed E-state index contributed by atoms with van der Waals surface area (Å²) in [5, 5.41) is 0. The third kappa shape index (κ3) is 6.26. The fourth-order valence-corrected chi connectivity index (χ4v) is 3.92. The molecular weight excluding hydrogens is 417 g/mol. The van der Waals surface area contributed by atoms with E-state index in [0.717, 1.165) is 25.7 Å². The summed E-state index contributed by atoms with van der Waals surface area (Å²) in [5.74, 6) is -2.44. The minimum Gasteiger partial charge on any atom is -0.491 e. The minimum absolute atomic E-state index is 0.00326. The number of rotatable bonds is 11. The molecule has 1 heterocycles. The maximum Gasteiger partial charge on any atom is 0.167 e. The van der Waals surface area contributed by atoms with Gasteiger partial charge in [0.05, 0.1) is 25.4 Å². The highest BCUT2D eigenvalue weighted by molar-refractivity contribution is 5.66. The lowest BCUT2D eigenvalue weighted by Gasteiger charge is -2.29. The average Bonchev–Trinajstić information content (AvgIpc) is 2.80. The van der Waals surface area contributed by atoms with Crippen LogP contribution in [0.1, 0.15) is 70.5 Å². The molecule has 0 bridgehead atoms. The number of benzene rings is 2. The van der Waals surface area contributed by atoms with Crippen LogP contribution in [0.4, 0.5) is 13.2 Å². The second kappa shape index (κ2) is 12.3. The zero-order valence-electron chi connectivity index (χ0n) is 19.0. The molecule has 32 heavy (non-hydrogen) atoms. The monoisotopic (exact) mass is 450 g/mol. The van der Waals surface area contributed by atoms with Crippen molar-refractivity contribution in [2.45, 2.75) is 71.0 Å². The van der Waals surface area contributed by atoms with Crippen molar-refractivity contribution >= 4 is 0 Å². The van der Waals surface area contributed by atoms with E-state index in [2.05, 4.69) is 6.92 Å². The van der Waals surface area contributed by atoms with Gasteiger partial charge in [-0.05, 0) is 43.4 Å². The summed E-state index contributed by atoms with van der Waals surface area (Å²) in [6, 6.07) is 7.16. The Labute approximate surface area is 188 Å². The summed E-state index contributed by atoms with van der Waals surface area (Å²) in [5.41, 5.74) is 0.461. The van der Waals surface area contributed by atoms with Crippen molar-refractivity contribution in [2.75, 3.05) is 19.8 Å². The van der Waals surface area contributed by atoms with Crippen molar-refractivity contribution in [3.63, 3.8) is 0 Å². The van der Waals surface area contributed by atoms with Crippen molar-refractivity contribution in [3.05, 3.63) is 53.3 Å². The van der Waals surface area contributed by atoms with Gasteiger partial charge in [-0.15, -0.1) is 0 Å². The summed E-state index contributed by atoms with van der Waals surface area (Å²) >= 11 is 0. The van der Waals surface area contributed by atoms with Gasteiger partial charge >= 0.3 is 0 Å². The van der Waals surface area contributed by atoms with Crippen LogP contribution in [0.5, 0.6) is 5.75 Å². The Kier molecular flexibility index (Phi) is 9.42. The highest BCUT2D eigenvalue weighted by Gasteiger charge is 2.27. The molecular formula is C26H33F3O3. The van der Waals surface area contributed by atoms with Gasteiger partial charge in [0.2, 0.25) is 0 Å². The summed E-state index contributed by atoms with van der Waals surface area (Å²) in [7, 11) is 0. The third-order valence-corrected chi connectivity index (χ3v) is 5.75. The van der Waals surface area contributed by atoms with Gasteiger partial charge in [0.1, 0.15) is 0 Å². The Hall–Kier alpha value is -2.05. The first-order chi connectivity index (χ1) is 15.5. The fourth-order valence-electron chi connectivity index (χ4n) is 3.92. The summed E-state index contributed by atoms with van der Waals surface area (Å²) in [6.07, 6.45) is 6.11. The van der Waals surface area contributed by atoms with Gasteiger partial charge in [-0.1, -0.05) is 51.3 Å². The predicted octanol–water partition coefficient (Wildman–Crippen LogP) is 7.38. The number of halogens is 3. The molecule has 2 aromatic carbocycles. The van der Waals surface area contributed by atoms with Crippen LogP contribution < -0.4 is 4.74 Å². The predicted molar refractivity (Wildman–Crippen MR) is 119 cm³/mol. The van der Waals surface area contributed by atoms with Crippen LogP contribution in [0.2, 0.25) is 0 Å². The molecule has 176 valence electrons. The zero-order chi connectivity index (χ0) is 22.9. The number of ether oxygens (including phenoxy) is 3. The SMILES string of the molecule is CCCCCCOC1CCC(c2ccc(-c3ccc(OCCC)c(F)c3)c(F)c2F)OC1. The molecule has 0 aromatic heterocycles. The van der Waals surface area contributed by atoms with Crippen molar-refractivity contribution in [3.8, 4) is 16.9 Å². The summed E-state index contributed by atoms with van der Waals surface area (Å²) in [4.78, 5) is 0. The first kappa shape index (κ1) is 24.6. The van der Waals surface area contributed by atoms with Gasteiger partial charge in [0, 0.05) is 17.7 Å². The van der Waals surface area contributed by atoms with E-state index in [9.17, 15) is 13.2 Å². The molecule has 1 fully saturated rings. The topological polar surface area (TPSA) is 27.7 Å². The lowest BCUT2D eigenvalue weighted by molar-refractivity contribution is -0.0883. The Morgan fingerprint density at radius 1 is 0.906 bits per heavy atom. The molecule has 3 nitrogen and oxygen atoms in total. The van der Waals surface area contributed by atoms with E-state index in [4.69, 9.17) is 14.2 Å². The highest BCUT2D eigenvalue weighted by atomic mass is 19.2. The van der Waals surface area contributed by atoms with Gasteiger partial charge in [0.25, 0.3) is 0 Å². The first-order valence-corrected chi connectivity index (χ1v) is 11.7. The second-order valence-corrected chi connectivity index (χ2v) is 8.28. The third-order valence-electron chi connectivity index (χ3n) is 5.75. The van der Waals surface area contributed by atoms with E-state index in [1.807, 2.05) is 6.92 Å². The molecule has 0 aliphatic carbocycles. The normalized spacial score (nSPS) is 18.7. The van der Waals surface area contributed by atoms with Crippen molar-refractivity contribution in [1.29, 1.82) is 0 Å². The average molecular weight is 451 g/mol. The molecule has 1 aliphatic rings. The number of hydrogen-bond acceptors (Lipinski definition) is 3. The van der Waals surface area contributed by atoms with E-state index in [1.54, 1.807) is 0 Å². The van der Waals surface area contributed by atoms with Crippen LogP contribution >= 0.6 is 0 Å². The maximum absolute atomic E-state index is 14.9. The Morgan fingerprint density at radius 3 is 2.44 bits per heavy atom. The Morgan fingerprint density at radius 2 is 1.75 bits per heavy atom. The molecule has 2 unspecified atom stereocenters. The molecule has 3 rings (SSSR count). The van der Waals surface area contributed by atoms with E-state index >= 15 is 0 Å². The molecule has 2 aromatic rings. The molecule has 0 spiro atoms. The maximum atomic E-state index is 14.9. The van der Waals surface area contributed by atoms with Gasteiger partial charge in [-0.2, -0.15) is 0 Å². The fraction of sp³-hybridized carbons (Fsp3) is 0.538. The highest BCUT2D eigenvalue weighted by Crippen LogP contribution is 2.35. The molecule has 1 saturated heterocycles. The zero-order valence-corrected chi connectivity index (χ0v) is 19.0. The lowest BCUT2D eigenvalue weighted by atomic mass is 9.96. The second-order valence-electron chi connectivity index (χ2n) is 8.28. The van der Waals surface area contributed by atoms with Gasteiger partial charge < -0.3 is 14.2 Å². The molecule has 0 amide bonds. The Bertz CT molecular complexity index is 864. The number of unbranched alkanes of at least 4 members (excludes halogenated alkanes) is 3. The summed E-state index contributed by atoms with van der Waals surface area (Å²) < 4.78 is 61.0. The first-order valence-electron chi connectivity index (χ1n) is 11.7. The van der Waals surface area contributed by atoms with E-state index in [-0.39, 0.29) is 28.5 Å². The van der Waals surface area contributed by atoms with Crippen LogP contribution in [-0.2, 0) is 9.47 Å². The van der Waals surface area contributed by atoms with Crippen LogP contribution in [-0.4, -0.2) is 25.9 Å². The van der Waals surface area contributed by atoms with Crippen LogP contribution in [0.3, 0.4) is 0 Å². The van der Waals surface area contributed by atoms with Crippen LogP contribution in [0.15, 0.2) is 30.3 Å². The van der Waals surface area contributed by atoms with E-state index in [0.29, 0.717) is 26.2 Å². The minimum atomic E-state index is -0.998. The van der Waals surface area contributed by atoms with E-state index in [1.165, 1.54) is 43.2 Å². The molecule has 0 saturated carbocycles. The standard InChI is InChI=1S/C26H33F3O3/c1-3-5-6-7-15-30-19-9-13-23(32-17-19)21-11-10-20(25(28)26(21)29)18-8-12-24(22(27)16-18)31-14-4-2/h8,10-12,16,19,23H,3-7,9,13-15,17H2,1-2H3. The molecule has 2 atom stereocenters. The largest absolute Gasteiger partial charge is 0.491 e. The van der Waals surface area contributed by atoms with Gasteiger partial charge in [-0.3, -0.25) is 0 Å². The smallest absolute Gasteiger partial charge is 0.167 e. The molecule has 1 aliphatic heterocycles.